The fourth-order valence-electron chi connectivity index (χ4n) is 14.9. The first-order chi connectivity index (χ1) is 36.8. The van der Waals surface area contributed by atoms with E-state index in [0.717, 1.165) is 62.5 Å². The van der Waals surface area contributed by atoms with Crippen molar-refractivity contribution in [1.82, 2.24) is 0 Å². The van der Waals surface area contributed by atoms with E-state index in [1.807, 2.05) is 0 Å². The fraction of sp³-hybridized carbons (Fsp3) is 0.250. The number of nitrogens with zero attached hydrogens (tertiary/aromatic N) is 2. The number of halogens is 1. The maximum atomic E-state index is 8.60. The third-order valence-corrected chi connectivity index (χ3v) is 23.3. The number of rotatable bonds is 10. The molecule has 1 heterocycles. The van der Waals surface area contributed by atoms with E-state index in [9.17, 15) is 0 Å². The smallest absolute Gasteiger partial charge is 0.180 e. The van der Waals surface area contributed by atoms with Crippen molar-refractivity contribution < 1.29 is 0 Å². The molecule has 0 aromatic heterocycles. The van der Waals surface area contributed by atoms with Gasteiger partial charge < -0.3 is 9.80 Å². The Balaban J connectivity index is 1.13. The topological polar surface area (TPSA) is 6.48 Å². The first-order valence-corrected chi connectivity index (χ1v) is 30.3. The van der Waals surface area contributed by atoms with Crippen LogP contribution in [-0.2, 0) is 16.2 Å². The SMILES string of the molecule is CC(C)(C)c1cccc(N(c2cccc(C(C)(C)C)c2)c2cc(C34CC5CC(CC(C5)C3)C4)cc(N(c3ccc4c(c3)[Si](c3ccccc3)(c3ccccc3)c3ccccc3-4)c3ccccc3-c3ccccc3)c2Cl)c1. The minimum atomic E-state index is -2.88. The average Bonchev–Trinajstić information content (AvgIpc) is 3.98. The van der Waals surface area contributed by atoms with Crippen molar-refractivity contribution in [2.75, 3.05) is 9.80 Å². The Kier molecular flexibility index (Phi) is 12.0. The molecule has 4 saturated carbocycles. The first kappa shape index (κ1) is 48.7. The van der Waals surface area contributed by atoms with E-state index < -0.39 is 8.07 Å². The molecule has 378 valence electrons. The van der Waals surface area contributed by atoms with Crippen LogP contribution in [0.25, 0.3) is 22.3 Å². The molecule has 0 saturated heterocycles. The van der Waals surface area contributed by atoms with E-state index in [-0.39, 0.29) is 16.2 Å². The minimum Gasteiger partial charge on any atom is -0.309 e. The molecule has 4 heteroatoms. The predicted molar refractivity (Wildman–Crippen MR) is 326 cm³/mol. The molecule has 4 aliphatic carbocycles. The molecule has 1 aliphatic heterocycles. The van der Waals surface area contributed by atoms with E-state index in [0.29, 0.717) is 0 Å². The van der Waals surface area contributed by atoms with E-state index >= 15 is 0 Å². The summed E-state index contributed by atoms with van der Waals surface area (Å²) in [6.07, 6.45) is 7.83. The summed E-state index contributed by atoms with van der Waals surface area (Å²) in [5.74, 6) is 2.29. The molecule has 0 spiro atoms. The maximum Gasteiger partial charge on any atom is 0.180 e. The van der Waals surface area contributed by atoms with E-state index in [4.69, 9.17) is 11.6 Å². The number of benzene rings is 9. The van der Waals surface area contributed by atoms with E-state index in [1.54, 1.807) is 0 Å². The summed E-state index contributed by atoms with van der Waals surface area (Å²) < 4.78 is 0. The highest BCUT2D eigenvalue weighted by Gasteiger charge is 2.53. The summed E-state index contributed by atoms with van der Waals surface area (Å²) >= 11 is 8.60. The molecular weight excluding hydrogens is 956 g/mol. The zero-order chi connectivity index (χ0) is 52.0. The Morgan fingerprint density at radius 2 is 0.868 bits per heavy atom. The van der Waals surface area contributed by atoms with Crippen LogP contribution in [0, 0.1) is 17.8 Å². The third-order valence-electron chi connectivity index (χ3n) is 18.0. The standard InChI is InChI=1S/C72H69ClN2Si/c1-70(2,3)53-24-20-26-56(41-53)74(57-27-21-25-54(42-57)71(4,5)6)65-43-55(72-46-49-38-50(47-72)40-51(39-49)48-72)44-66(69(65)73)75(64-34-18-16-32-61(64)52-22-10-7-11-23-52)58-36-37-63-62-33-17-19-35-67(62)76(68(63)45-58,59-28-12-8-13-29-59)60-30-14-9-15-31-60/h7-37,41-45,49-51H,38-40,46-48H2,1-6H3. The number of para-hydroxylation sites is 1. The molecule has 14 rings (SSSR count). The van der Waals surface area contributed by atoms with Crippen LogP contribution in [0.1, 0.15) is 96.8 Å². The van der Waals surface area contributed by atoms with Crippen molar-refractivity contribution in [2.45, 2.75) is 96.3 Å². The van der Waals surface area contributed by atoms with Crippen molar-refractivity contribution in [3.63, 3.8) is 0 Å². The monoisotopic (exact) mass is 1020 g/mol. The van der Waals surface area contributed by atoms with Gasteiger partial charge in [0.1, 0.15) is 0 Å². The molecule has 0 unspecified atom stereocenters. The van der Waals surface area contributed by atoms with Gasteiger partial charge in [-0.25, -0.2) is 0 Å². The van der Waals surface area contributed by atoms with Gasteiger partial charge in [0, 0.05) is 22.6 Å². The molecule has 9 aromatic rings. The van der Waals surface area contributed by atoms with Crippen molar-refractivity contribution >= 4 is 74.5 Å². The van der Waals surface area contributed by atoms with Crippen LogP contribution in [0.2, 0.25) is 5.02 Å². The lowest BCUT2D eigenvalue weighted by atomic mass is 9.48. The lowest BCUT2D eigenvalue weighted by Crippen LogP contribution is -2.72. The van der Waals surface area contributed by atoms with Crippen LogP contribution in [-0.4, -0.2) is 8.07 Å². The molecule has 4 bridgehead atoms. The van der Waals surface area contributed by atoms with Gasteiger partial charge in [0.25, 0.3) is 0 Å². The van der Waals surface area contributed by atoms with E-state index in [2.05, 4.69) is 270 Å². The molecule has 4 fully saturated rings. The largest absolute Gasteiger partial charge is 0.309 e. The van der Waals surface area contributed by atoms with Gasteiger partial charge in [0.2, 0.25) is 0 Å². The first-order valence-electron chi connectivity index (χ1n) is 27.9. The number of hydrogen-bond acceptors (Lipinski definition) is 2. The molecule has 0 amide bonds. The zero-order valence-corrected chi connectivity index (χ0v) is 46.8. The van der Waals surface area contributed by atoms with Crippen LogP contribution < -0.4 is 30.5 Å². The van der Waals surface area contributed by atoms with Gasteiger partial charge in [0.15, 0.2) is 8.07 Å². The van der Waals surface area contributed by atoms with Crippen molar-refractivity contribution in [3.05, 3.63) is 240 Å². The summed E-state index contributed by atoms with van der Waals surface area (Å²) in [6, 6.07) is 83.0. The second kappa shape index (κ2) is 18.7. The maximum absolute atomic E-state index is 8.60. The Hall–Kier alpha value is -6.91. The second-order valence-corrected chi connectivity index (χ2v) is 29.0. The minimum absolute atomic E-state index is 0.0574. The van der Waals surface area contributed by atoms with E-state index in [1.165, 1.54) is 92.7 Å². The van der Waals surface area contributed by atoms with Crippen molar-refractivity contribution in [1.29, 1.82) is 0 Å². The number of hydrogen-bond donors (Lipinski definition) is 0. The van der Waals surface area contributed by atoms with Crippen LogP contribution >= 0.6 is 11.6 Å². The van der Waals surface area contributed by atoms with Gasteiger partial charge >= 0.3 is 0 Å². The Morgan fingerprint density at radius 3 is 1.42 bits per heavy atom. The molecule has 9 aromatic carbocycles. The van der Waals surface area contributed by atoms with Gasteiger partial charge in [0.05, 0.1) is 22.1 Å². The summed E-state index contributed by atoms with van der Waals surface area (Å²) in [5, 5.41) is 6.34. The van der Waals surface area contributed by atoms with Crippen LogP contribution in [0.15, 0.2) is 218 Å². The fourth-order valence-corrected chi connectivity index (χ4v) is 20.3. The lowest BCUT2D eigenvalue weighted by molar-refractivity contribution is -0.00515. The molecule has 0 radical (unpaired) electrons. The summed E-state index contributed by atoms with van der Waals surface area (Å²) in [6.45, 7) is 13.9. The van der Waals surface area contributed by atoms with Crippen LogP contribution in [0.4, 0.5) is 34.1 Å². The lowest BCUT2D eigenvalue weighted by Gasteiger charge is -2.57. The molecule has 5 aliphatic rings. The zero-order valence-electron chi connectivity index (χ0n) is 45.0. The molecule has 0 atom stereocenters. The van der Waals surface area contributed by atoms with Gasteiger partial charge in [-0.1, -0.05) is 217 Å². The number of fused-ring (bicyclic) bond motifs is 3. The van der Waals surface area contributed by atoms with Gasteiger partial charge in [-0.05, 0) is 181 Å². The quantitative estimate of drug-likeness (QED) is 0.126. The van der Waals surface area contributed by atoms with Crippen LogP contribution in [0.5, 0.6) is 0 Å². The predicted octanol–water partition coefficient (Wildman–Crippen LogP) is 17.4. The Bertz CT molecular complexity index is 3490. The molecule has 0 N–H and O–H groups in total. The summed E-state index contributed by atoms with van der Waals surface area (Å²) in [7, 11) is -2.88. The van der Waals surface area contributed by atoms with Crippen LogP contribution in [0.3, 0.4) is 0 Å². The highest BCUT2D eigenvalue weighted by molar-refractivity contribution is 7.22. The van der Waals surface area contributed by atoms with Gasteiger partial charge in [-0.15, -0.1) is 0 Å². The highest BCUT2D eigenvalue weighted by atomic mass is 35.5. The summed E-state index contributed by atoms with van der Waals surface area (Å²) in [5.41, 5.74) is 15.4. The van der Waals surface area contributed by atoms with Crippen molar-refractivity contribution in [3.8, 4) is 22.3 Å². The molecule has 76 heavy (non-hydrogen) atoms. The number of anilines is 6. The average molecular weight is 1030 g/mol. The molecule has 2 nitrogen and oxygen atoms in total. The highest BCUT2D eigenvalue weighted by Crippen LogP contribution is 2.62. The van der Waals surface area contributed by atoms with Gasteiger partial charge in [-0.3, -0.25) is 0 Å². The normalized spacial score (nSPS) is 20.0. The Labute approximate surface area is 458 Å². The Morgan fingerprint density at radius 1 is 0.408 bits per heavy atom. The third kappa shape index (κ3) is 8.19. The van der Waals surface area contributed by atoms with Gasteiger partial charge in [-0.2, -0.15) is 0 Å². The van der Waals surface area contributed by atoms with Crippen molar-refractivity contribution in [2.24, 2.45) is 17.8 Å². The summed E-state index contributed by atoms with van der Waals surface area (Å²) in [4.78, 5) is 5.07. The second-order valence-electron chi connectivity index (χ2n) is 24.9. The molecular formula is C72H69ClN2Si.